The van der Waals surface area contributed by atoms with Crippen molar-refractivity contribution >= 4 is 34.4 Å². The van der Waals surface area contributed by atoms with Crippen LogP contribution in [0.4, 0.5) is 0 Å². The van der Waals surface area contributed by atoms with Crippen molar-refractivity contribution in [3.63, 3.8) is 0 Å². The lowest BCUT2D eigenvalue weighted by atomic mass is 10.1. The average Bonchev–Trinajstić information content (AvgIpc) is 2.76. The summed E-state index contributed by atoms with van der Waals surface area (Å²) >= 11 is 6.06. The predicted molar refractivity (Wildman–Crippen MR) is 79.8 cm³/mol. The maximum absolute atomic E-state index is 12.4. The average molecular weight is 310 g/mol. The van der Waals surface area contributed by atoms with E-state index in [0.717, 1.165) is 10.9 Å². The van der Waals surface area contributed by atoms with Crippen molar-refractivity contribution in [2.24, 2.45) is 0 Å². The molecule has 2 aromatic rings. The van der Waals surface area contributed by atoms with Crippen LogP contribution in [0.2, 0.25) is 5.02 Å². The minimum atomic E-state index is -0.873. The molecule has 0 unspecified atom stereocenters. The van der Waals surface area contributed by atoms with Crippen LogP contribution in [0.25, 0.3) is 11.0 Å². The molecule has 0 saturated carbocycles. The molecule has 0 aliphatic carbocycles. The monoisotopic (exact) mass is 309 g/mol. The first-order valence-corrected chi connectivity index (χ1v) is 6.94. The SMILES string of the molecule is Cc1c(C(=O)N(C)CCCC(=O)O)oc2c(Cl)cccc12. The van der Waals surface area contributed by atoms with Gasteiger partial charge in [0.1, 0.15) is 0 Å². The number of halogens is 1. The number of carbonyl (C=O) groups is 2. The van der Waals surface area contributed by atoms with Crippen LogP contribution in [0.15, 0.2) is 22.6 Å². The standard InChI is InChI=1S/C15H16ClNO4/c1-9-10-5-3-6-11(16)14(10)21-13(9)15(20)17(2)8-4-7-12(18)19/h3,5-6H,4,7-8H2,1-2H3,(H,18,19). The Bertz CT molecular complexity index is 692. The molecule has 5 nitrogen and oxygen atoms in total. The smallest absolute Gasteiger partial charge is 0.303 e. The van der Waals surface area contributed by atoms with Gasteiger partial charge in [-0.25, -0.2) is 0 Å². The van der Waals surface area contributed by atoms with Crippen LogP contribution in [-0.4, -0.2) is 35.5 Å². The Morgan fingerprint density at radius 3 is 2.71 bits per heavy atom. The summed E-state index contributed by atoms with van der Waals surface area (Å²) in [4.78, 5) is 24.3. The summed E-state index contributed by atoms with van der Waals surface area (Å²) in [7, 11) is 1.62. The van der Waals surface area contributed by atoms with Crippen LogP contribution in [0.5, 0.6) is 0 Å². The Labute approximate surface area is 127 Å². The van der Waals surface area contributed by atoms with E-state index in [9.17, 15) is 9.59 Å². The lowest BCUT2D eigenvalue weighted by Gasteiger charge is -2.15. The zero-order chi connectivity index (χ0) is 15.6. The molecule has 2 rings (SSSR count). The van der Waals surface area contributed by atoms with Crippen molar-refractivity contribution in [3.8, 4) is 0 Å². The molecule has 0 atom stereocenters. The van der Waals surface area contributed by atoms with Crippen molar-refractivity contribution in [1.29, 1.82) is 0 Å². The third kappa shape index (κ3) is 3.19. The number of para-hydroxylation sites is 1. The van der Waals surface area contributed by atoms with Crippen LogP contribution in [0.3, 0.4) is 0 Å². The first kappa shape index (κ1) is 15.4. The van der Waals surface area contributed by atoms with E-state index in [-0.39, 0.29) is 18.1 Å². The Kier molecular flexibility index (Phi) is 4.53. The fourth-order valence-electron chi connectivity index (χ4n) is 2.16. The molecule has 0 fully saturated rings. The van der Waals surface area contributed by atoms with E-state index in [2.05, 4.69) is 0 Å². The summed E-state index contributed by atoms with van der Waals surface area (Å²) in [5.74, 6) is -0.899. The second-order valence-electron chi connectivity index (χ2n) is 4.90. The minimum absolute atomic E-state index is 0.0303. The van der Waals surface area contributed by atoms with Gasteiger partial charge in [0.25, 0.3) is 5.91 Å². The van der Waals surface area contributed by atoms with E-state index < -0.39 is 5.97 Å². The molecule has 6 heteroatoms. The molecule has 0 radical (unpaired) electrons. The Hall–Kier alpha value is -2.01. The van der Waals surface area contributed by atoms with Gasteiger partial charge in [-0.05, 0) is 19.4 Å². The number of nitrogens with zero attached hydrogens (tertiary/aromatic N) is 1. The van der Waals surface area contributed by atoms with E-state index in [1.165, 1.54) is 4.90 Å². The number of hydrogen-bond acceptors (Lipinski definition) is 3. The number of rotatable bonds is 5. The summed E-state index contributed by atoms with van der Waals surface area (Å²) in [6, 6.07) is 5.36. The first-order valence-electron chi connectivity index (χ1n) is 6.56. The Balaban J connectivity index is 2.21. The lowest BCUT2D eigenvalue weighted by molar-refractivity contribution is -0.137. The number of fused-ring (bicyclic) bond motifs is 1. The molecule has 0 spiro atoms. The van der Waals surface area contributed by atoms with Gasteiger partial charge in [0.05, 0.1) is 5.02 Å². The van der Waals surface area contributed by atoms with E-state index in [4.69, 9.17) is 21.1 Å². The summed E-state index contributed by atoms with van der Waals surface area (Å²) in [6.07, 6.45) is 0.431. The number of carboxylic acids is 1. The molecular weight excluding hydrogens is 294 g/mol. The van der Waals surface area contributed by atoms with Crippen LogP contribution >= 0.6 is 11.6 Å². The van der Waals surface area contributed by atoms with E-state index in [1.807, 2.05) is 6.07 Å². The maximum Gasteiger partial charge on any atom is 0.303 e. The van der Waals surface area contributed by atoms with Crippen molar-refractivity contribution in [2.75, 3.05) is 13.6 Å². The van der Waals surface area contributed by atoms with Gasteiger partial charge < -0.3 is 14.4 Å². The zero-order valence-electron chi connectivity index (χ0n) is 11.9. The van der Waals surface area contributed by atoms with Gasteiger partial charge in [0.2, 0.25) is 0 Å². The topological polar surface area (TPSA) is 70.8 Å². The largest absolute Gasteiger partial charge is 0.481 e. The van der Waals surface area contributed by atoms with Crippen molar-refractivity contribution in [2.45, 2.75) is 19.8 Å². The number of aryl methyl sites for hydroxylation is 1. The van der Waals surface area contributed by atoms with Crippen LogP contribution < -0.4 is 0 Å². The molecule has 1 N–H and O–H groups in total. The first-order chi connectivity index (χ1) is 9.91. The highest BCUT2D eigenvalue weighted by Gasteiger charge is 2.21. The normalized spacial score (nSPS) is 10.8. The fraction of sp³-hybridized carbons (Fsp3) is 0.333. The Morgan fingerprint density at radius 1 is 1.38 bits per heavy atom. The van der Waals surface area contributed by atoms with Crippen LogP contribution in [0.1, 0.15) is 29.0 Å². The van der Waals surface area contributed by atoms with Crippen molar-refractivity contribution in [1.82, 2.24) is 4.90 Å². The predicted octanol–water partition coefficient (Wildman–Crippen LogP) is 3.33. The number of amides is 1. The molecule has 0 saturated heterocycles. The van der Waals surface area contributed by atoms with Gasteiger partial charge in [-0.2, -0.15) is 0 Å². The number of benzene rings is 1. The number of carboxylic acid groups (broad SMARTS) is 1. The zero-order valence-corrected chi connectivity index (χ0v) is 12.6. The van der Waals surface area contributed by atoms with Gasteiger partial charge in [-0.15, -0.1) is 0 Å². The lowest BCUT2D eigenvalue weighted by Crippen LogP contribution is -2.28. The van der Waals surface area contributed by atoms with Gasteiger partial charge in [0, 0.05) is 31.0 Å². The highest BCUT2D eigenvalue weighted by Crippen LogP contribution is 2.31. The molecule has 0 aliphatic heterocycles. The molecule has 21 heavy (non-hydrogen) atoms. The fourth-order valence-corrected chi connectivity index (χ4v) is 2.37. The number of hydrogen-bond donors (Lipinski definition) is 1. The maximum atomic E-state index is 12.4. The van der Waals surface area contributed by atoms with Gasteiger partial charge in [-0.1, -0.05) is 23.7 Å². The molecule has 1 amide bonds. The molecule has 112 valence electrons. The van der Waals surface area contributed by atoms with Crippen LogP contribution in [-0.2, 0) is 4.79 Å². The molecule has 1 aromatic heterocycles. The summed E-state index contributed by atoms with van der Waals surface area (Å²) in [5, 5.41) is 9.89. The second kappa shape index (κ2) is 6.18. The van der Waals surface area contributed by atoms with E-state index in [1.54, 1.807) is 26.1 Å². The highest BCUT2D eigenvalue weighted by molar-refractivity contribution is 6.35. The third-order valence-corrected chi connectivity index (χ3v) is 3.64. The molecule has 0 aliphatic rings. The minimum Gasteiger partial charge on any atom is -0.481 e. The summed E-state index contributed by atoms with van der Waals surface area (Å²) in [5.41, 5.74) is 1.24. The molecule has 0 bridgehead atoms. The van der Waals surface area contributed by atoms with Gasteiger partial charge in [0.15, 0.2) is 11.3 Å². The third-order valence-electron chi connectivity index (χ3n) is 3.34. The quantitative estimate of drug-likeness (QED) is 0.919. The Morgan fingerprint density at radius 2 is 2.10 bits per heavy atom. The van der Waals surface area contributed by atoms with Crippen molar-refractivity contribution < 1.29 is 19.1 Å². The molecule has 1 heterocycles. The number of aliphatic carboxylic acids is 1. The second-order valence-corrected chi connectivity index (χ2v) is 5.30. The summed E-state index contributed by atoms with van der Waals surface area (Å²) in [6.45, 7) is 2.16. The van der Waals surface area contributed by atoms with E-state index >= 15 is 0 Å². The van der Waals surface area contributed by atoms with Gasteiger partial charge in [-0.3, -0.25) is 9.59 Å². The van der Waals surface area contributed by atoms with Crippen LogP contribution in [0, 0.1) is 6.92 Å². The molecule has 1 aromatic carbocycles. The molecular formula is C15H16ClNO4. The summed E-state index contributed by atoms with van der Waals surface area (Å²) < 4.78 is 5.60. The van der Waals surface area contributed by atoms with Crippen molar-refractivity contribution in [3.05, 3.63) is 34.5 Å². The number of carbonyl (C=O) groups excluding carboxylic acids is 1. The van der Waals surface area contributed by atoms with E-state index in [0.29, 0.717) is 23.6 Å². The number of furan rings is 1. The van der Waals surface area contributed by atoms with Gasteiger partial charge >= 0.3 is 5.97 Å². The highest BCUT2D eigenvalue weighted by atomic mass is 35.5.